The number of benzene rings is 1. The molecule has 0 saturated heterocycles. The second kappa shape index (κ2) is 7.90. The van der Waals surface area contributed by atoms with Crippen LogP contribution in [0, 0.1) is 0 Å². The van der Waals surface area contributed by atoms with Gasteiger partial charge in [-0.15, -0.1) is 5.10 Å². The fourth-order valence-corrected chi connectivity index (χ4v) is 2.81. The van der Waals surface area contributed by atoms with Crippen molar-refractivity contribution in [2.45, 2.75) is 0 Å². The number of halogens is 1. The number of hydrazine groups is 1. The number of tetrazole rings is 1. The molecule has 4 aromatic rings. The molecule has 0 spiro atoms. The number of fused-ring (bicyclic) bond motifs is 1. The highest BCUT2D eigenvalue weighted by Gasteiger charge is 2.09. The van der Waals surface area contributed by atoms with Crippen LogP contribution in [-0.4, -0.2) is 41.4 Å². The van der Waals surface area contributed by atoms with Gasteiger partial charge in [0.05, 0.1) is 11.4 Å². The highest BCUT2D eigenvalue weighted by molar-refractivity contribution is 6.31. The molecule has 3 heterocycles. The van der Waals surface area contributed by atoms with Crippen molar-refractivity contribution in [3.8, 4) is 5.69 Å². The second-order valence-electron chi connectivity index (χ2n) is 5.79. The van der Waals surface area contributed by atoms with Crippen molar-refractivity contribution in [2.75, 3.05) is 0 Å². The largest absolute Gasteiger partial charge is 0.299 e. The van der Waals surface area contributed by atoms with Gasteiger partial charge in [-0.3, -0.25) is 24.8 Å². The maximum atomic E-state index is 12.2. The van der Waals surface area contributed by atoms with Gasteiger partial charge < -0.3 is 0 Å². The topological polar surface area (TPSA) is 119 Å². The van der Waals surface area contributed by atoms with Crippen molar-refractivity contribution in [1.82, 2.24) is 40.4 Å². The molecule has 29 heavy (non-hydrogen) atoms. The fraction of sp³-hybridized carbons (Fsp3) is 0. The maximum absolute atomic E-state index is 12.2. The molecule has 0 radical (unpaired) electrons. The number of rotatable bonds is 4. The van der Waals surface area contributed by atoms with Gasteiger partial charge in [0.15, 0.2) is 5.15 Å². The van der Waals surface area contributed by atoms with Gasteiger partial charge in [0, 0.05) is 17.8 Å². The van der Waals surface area contributed by atoms with Crippen LogP contribution < -0.4 is 10.9 Å². The van der Waals surface area contributed by atoms with Crippen molar-refractivity contribution in [2.24, 2.45) is 0 Å². The molecule has 2 N–H and O–H groups in total. The lowest BCUT2D eigenvalue weighted by atomic mass is 10.2. The zero-order valence-electron chi connectivity index (χ0n) is 14.7. The predicted molar refractivity (Wildman–Crippen MR) is 104 cm³/mol. The Morgan fingerprint density at radius 1 is 1.07 bits per heavy atom. The number of aromatic nitrogens is 6. The minimum absolute atomic E-state index is 0.270. The number of carbonyl (C=O) groups is 2. The molecule has 0 aliphatic heterocycles. The molecule has 0 aliphatic rings. The fourth-order valence-electron chi connectivity index (χ4n) is 2.57. The molecule has 3 aromatic heterocycles. The van der Waals surface area contributed by atoms with E-state index in [1.165, 1.54) is 23.2 Å². The van der Waals surface area contributed by atoms with Gasteiger partial charge in [-0.25, -0.2) is 9.67 Å². The van der Waals surface area contributed by atoms with Gasteiger partial charge >= 0.3 is 0 Å². The van der Waals surface area contributed by atoms with E-state index in [9.17, 15) is 9.59 Å². The van der Waals surface area contributed by atoms with E-state index in [4.69, 9.17) is 11.6 Å². The van der Waals surface area contributed by atoms with Crippen LogP contribution in [0.5, 0.6) is 0 Å². The molecule has 0 aliphatic carbocycles. The zero-order chi connectivity index (χ0) is 20.2. The first-order chi connectivity index (χ1) is 14.1. The van der Waals surface area contributed by atoms with Gasteiger partial charge in [0.1, 0.15) is 12.0 Å². The SMILES string of the molecule is O=C(/C=C/c1c(Cl)nc2ccccn12)NNC(=O)c1ccc(-n2cnnn2)cc1. The van der Waals surface area contributed by atoms with Crippen LogP contribution in [0.2, 0.25) is 5.15 Å². The molecule has 4 rings (SSSR count). The van der Waals surface area contributed by atoms with Crippen molar-refractivity contribution < 1.29 is 9.59 Å². The maximum Gasteiger partial charge on any atom is 0.269 e. The number of hydrogen-bond donors (Lipinski definition) is 2. The summed E-state index contributed by atoms with van der Waals surface area (Å²) < 4.78 is 3.20. The molecule has 0 atom stereocenters. The lowest BCUT2D eigenvalue weighted by Gasteiger charge is -2.06. The molecule has 0 saturated carbocycles. The summed E-state index contributed by atoms with van der Waals surface area (Å²) in [6, 6.07) is 12.0. The van der Waals surface area contributed by atoms with Crippen molar-refractivity contribution in [1.29, 1.82) is 0 Å². The first-order valence-corrected chi connectivity index (χ1v) is 8.74. The Bertz CT molecular complexity index is 1200. The third-order valence-electron chi connectivity index (χ3n) is 3.96. The van der Waals surface area contributed by atoms with Crippen molar-refractivity contribution in [3.63, 3.8) is 0 Å². The molecular weight excluding hydrogens is 396 g/mol. The Kier molecular flexibility index (Phi) is 4.99. The van der Waals surface area contributed by atoms with Gasteiger partial charge in [-0.05, 0) is 52.9 Å². The van der Waals surface area contributed by atoms with E-state index in [0.717, 1.165) is 0 Å². The molecule has 1 aromatic carbocycles. The molecular formula is C18H13ClN8O2. The average molecular weight is 409 g/mol. The smallest absolute Gasteiger partial charge is 0.269 e. The normalized spacial score (nSPS) is 11.1. The van der Waals surface area contributed by atoms with Crippen LogP contribution >= 0.6 is 11.6 Å². The van der Waals surface area contributed by atoms with E-state index < -0.39 is 11.8 Å². The number of nitrogens with one attached hydrogen (secondary N) is 2. The lowest BCUT2D eigenvalue weighted by molar-refractivity contribution is -0.117. The van der Waals surface area contributed by atoms with Crippen LogP contribution in [-0.2, 0) is 4.79 Å². The molecule has 10 nitrogen and oxygen atoms in total. The van der Waals surface area contributed by atoms with Crippen LogP contribution in [0.25, 0.3) is 17.4 Å². The number of carbonyl (C=O) groups excluding carboxylic acids is 2. The van der Waals surface area contributed by atoms with E-state index in [0.29, 0.717) is 22.6 Å². The lowest BCUT2D eigenvalue weighted by Crippen LogP contribution is -2.40. The Hall–Kier alpha value is -4.05. The second-order valence-corrected chi connectivity index (χ2v) is 6.15. The third-order valence-corrected chi connectivity index (χ3v) is 4.23. The van der Waals surface area contributed by atoms with Crippen molar-refractivity contribution >= 4 is 35.1 Å². The summed E-state index contributed by atoms with van der Waals surface area (Å²) in [6.07, 6.45) is 6.00. The Labute approximate surface area is 168 Å². The first kappa shape index (κ1) is 18.3. The highest BCUT2D eigenvalue weighted by Crippen LogP contribution is 2.18. The summed E-state index contributed by atoms with van der Waals surface area (Å²) in [5.74, 6) is -0.992. The van der Waals surface area contributed by atoms with Gasteiger partial charge in [-0.2, -0.15) is 0 Å². The molecule has 2 amide bonds. The molecule has 144 valence electrons. The summed E-state index contributed by atoms with van der Waals surface area (Å²) in [6.45, 7) is 0. The minimum atomic E-state index is -0.523. The number of amides is 2. The van der Waals surface area contributed by atoms with Crippen LogP contribution in [0.3, 0.4) is 0 Å². The summed E-state index contributed by atoms with van der Waals surface area (Å²) >= 11 is 6.11. The van der Waals surface area contributed by atoms with E-state index in [-0.39, 0.29) is 5.15 Å². The molecule has 0 fully saturated rings. The summed E-state index contributed by atoms with van der Waals surface area (Å²) in [7, 11) is 0. The summed E-state index contributed by atoms with van der Waals surface area (Å²) in [4.78, 5) is 28.4. The average Bonchev–Trinajstić information content (AvgIpc) is 3.38. The Balaban J connectivity index is 1.37. The van der Waals surface area contributed by atoms with E-state index in [1.807, 2.05) is 12.1 Å². The number of hydrogen-bond acceptors (Lipinski definition) is 6. The summed E-state index contributed by atoms with van der Waals surface area (Å²) in [5.41, 5.74) is 6.94. The molecule has 0 bridgehead atoms. The zero-order valence-corrected chi connectivity index (χ0v) is 15.5. The van der Waals surface area contributed by atoms with Gasteiger partial charge in [-0.1, -0.05) is 17.7 Å². The minimum Gasteiger partial charge on any atom is -0.299 e. The molecule has 0 unspecified atom stereocenters. The molecule has 11 heteroatoms. The Morgan fingerprint density at radius 2 is 1.90 bits per heavy atom. The van der Waals surface area contributed by atoms with E-state index in [1.54, 1.807) is 40.9 Å². The highest BCUT2D eigenvalue weighted by atomic mass is 35.5. The standard InChI is InChI=1S/C18H13ClN8O2/c19-17-14(26-10-2-1-3-15(26)21-17)8-9-16(28)22-23-18(29)12-4-6-13(7-5-12)27-11-20-24-25-27/h1-11H,(H,22,28)(H,23,29)/b9-8+. The summed E-state index contributed by atoms with van der Waals surface area (Å²) in [5, 5.41) is 11.1. The number of nitrogens with zero attached hydrogens (tertiary/aromatic N) is 6. The van der Waals surface area contributed by atoms with E-state index in [2.05, 4.69) is 31.4 Å². The monoisotopic (exact) mass is 408 g/mol. The van der Waals surface area contributed by atoms with Crippen LogP contribution in [0.15, 0.2) is 61.1 Å². The van der Waals surface area contributed by atoms with E-state index >= 15 is 0 Å². The predicted octanol–water partition coefficient (Wildman–Crippen LogP) is 1.44. The number of imidazole rings is 1. The first-order valence-electron chi connectivity index (χ1n) is 8.36. The quantitative estimate of drug-likeness (QED) is 0.389. The number of pyridine rings is 1. The third kappa shape index (κ3) is 3.96. The van der Waals surface area contributed by atoms with Crippen LogP contribution in [0.1, 0.15) is 16.1 Å². The van der Waals surface area contributed by atoms with Gasteiger partial charge in [0.2, 0.25) is 0 Å². The Morgan fingerprint density at radius 3 is 2.66 bits per heavy atom. The van der Waals surface area contributed by atoms with Crippen molar-refractivity contribution in [3.05, 3.63) is 77.5 Å². The van der Waals surface area contributed by atoms with Gasteiger partial charge in [0.25, 0.3) is 11.8 Å². The van der Waals surface area contributed by atoms with Crippen LogP contribution in [0.4, 0.5) is 0 Å².